The number of carbonyl (C=O) groups is 5. The topological polar surface area (TPSA) is 239 Å². The number of aromatic amines is 1. The largest absolute Gasteiger partial charge is 0.483 e. The van der Waals surface area contributed by atoms with Crippen molar-refractivity contribution in [2.75, 3.05) is 31.1 Å². The highest BCUT2D eigenvalue weighted by atomic mass is 16.6. The first-order valence-electron chi connectivity index (χ1n) is 19.8. The number of hydrogen-bond donors (Lipinski definition) is 5. The van der Waals surface area contributed by atoms with Gasteiger partial charge in [0.25, 0.3) is 18.3 Å². The van der Waals surface area contributed by atoms with Crippen molar-refractivity contribution < 1.29 is 33.8 Å². The molecule has 6 N–H and O–H groups in total. The summed E-state index contributed by atoms with van der Waals surface area (Å²) >= 11 is 0. The van der Waals surface area contributed by atoms with Crippen LogP contribution in [0.5, 0.6) is 0 Å². The normalized spacial score (nSPS) is 18.4. The molecule has 17 nitrogen and oxygen atoms in total. The van der Waals surface area contributed by atoms with Gasteiger partial charge < -0.3 is 31.1 Å². The monoisotopic (exact) mass is 810 g/mol. The lowest BCUT2D eigenvalue weighted by atomic mass is 9.81. The lowest BCUT2D eigenvalue weighted by Gasteiger charge is -2.32. The first-order valence-corrected chi connectivity index (χ1v) is 19.8. The predicted molar refractivity (Wildman–Crippen MR) is 220 cm³/mol. The zero-order valence-corrected chi connectivity index (χ0v) is 34.2. The number of benzene rings is 2. The Kier molecular flexibility index (Phi) is 15.0. The Hall–Kier alpha value is -6.07. The lowest BCUT2D eigenvalue weighted by molar-refractivity contribution is -0.130. The Morgan fingerprint density at radius 3 is 2.31 bits per heavy atom. The molecule has 0 spiro atoms. The van der Waals surface area contributed by atoms with Crippen LogP contribution in [0.4, 0.5) is 10.5 Å². The lowest BCUT2D eigenvalue weighted by Crippen LogP contribution is -2.51. The van der Waals surface area contributed by atoms with E-state index in [1.165, 1.54) is 4.90 Å². The molecule has 4 aromatic rings. The second-order valence-corrected chi connectivity index (χ2v) is 16.0. The number of H-pyrrole nitrogens is 1. The molecule has 2 fully saturated rings. The molecule has 1 unspecified atom stereocenters. The Labute approximate surface area is 343 Å². The van der Waals surface area contributed by atoms with Crippen molar-refractivity contribution in [2.45, 2.75) is 84.4 Å². The number of anilines is 1. The van der Waals surface area contributed by atoms with Crippen LogP contribution in [-0.4, -0.2) is 110 Å². The molecule has 2 aromatic heterocycles. The summed E-state index contributed by atoms with van der Waals surface area (Å²) in [5, 5.41) is 27.0. The summed E-state index contributed by atoms with van der Waals surface area (Å²) in [4.78, 5) is 69.7. The van der Waals surface area contributed by atoms with Crippen molar-refractivity contribution in [3.05, 3.63) is 77.6 Å². The molecule has 2 aliphatic rings. The number of carboxylic acid groups (broad SMARTS) is 1. The standard InChI is InChI=1S/C41H52N10O5.CH2O2/c1-25-20-35(39(54)50-19-18-43-26(2)24-50)44-23-33(25)29-10-6-27(7-11-29)21-34(42)38(53)51(32-16-14-30(15-17-32)36-46-48-49-47-36)37(52)31-12-8-28(9-13-31)22-45-40(55)56-41(3,4)5;2-1-3/h6-7,10-11,14-17,20,23,26,28,31,34,43H,8-9,12-13,18-19,21-22,24,42H2,1-5H3,(H,45,55)(H,46,47,48,49);1H,(H,2,3)/t26?,28-,31-,34-;/m0./s1. The van der Waals surface area contributed by atoms with Crippen molar-refractivity contribution >= 4 is 36.0 Å². The molecule has 3 heterocycles. The zero-order valence-electron chi connectivity index (χ0n) is 34.2. The van der Waals surface area contributed by atoms with E-state index in [-0.39, 0.29) is 42.6 Å². The molecule has 0 radical (unpaired) electrons. The highest BCUT2D eigenvalue weighted by molar-refractivity contribution is 6.17. The van der Waals surface area contributed by atoms with E-state index >= 15 is 0 Å². The van der Waals surface area contributed by atoms with Crippen molar-refractivity contribution in [2.24, 2.45) is 17.6 Å². The van der Waals surface area contributed by atoms with Crippen LogP contribution in [0.15, 0.2) is 60.8 Å². The molecule has 1 aliphatic heterocycles. The van der Waals surface area contributed by atoms with Crippen molar-refractivity contribution in [3.8, 4) is 22.5 Å². The number of aromatic nitrogens is 5. The van der Waals surface area contributed by atoms with Crippen molar-refractivity contribution in [1.29, 1.82) is 0 Å². The number of piperazine rings is 1. The van der Waals surface area contributed by atoms with E-state index < -0.39 is 23.6 Å². The third-order valence-electron chi connectivity index (χ3n) is 10.3. The molecule has 6 rings (SSSR count). The van der Waals surface area contributed by atoms with E-state index in [0.29, 0.717) is 68.1 Å². The maximum absolute atomic E-state index is 14.2. The van der Waals surface area contributed by atoms with Gasteiger partial charge in [0, 0.05) is 55.5 Å². The van der Waals surface area contributed by atoms with Crippen LogP contribution in [0.2, 0.25) is 0 Å². The van der Waals surface area contributed by atoms with E-state index in [1.807, 2.05) is 62.9 Å². The number of alkyl carbamates (subject to hydrolysis) is 1. The van der Waals surface area contributed by atoms with Crippen LogP contribution in [0.1, 0.15) is 75.0 Å². The van der Waals surface area contributed by atoms with Gasteiger partial charge in [-0.1, -0.05) is 24.3 Å². The molecule has 1 aliphatic carbocycles. The number of hydrogen-bond acceptors (Lipinski definition) is 12. The Bertz CT molecular complexity index is 2050. The molecular formula is C42H54N10O7. The number of amides is 4. The number of ether oxygens (including phenoxy) is 1. The fraction of sp³-hybridized carbons (Fsp3) is 0.452. The Balaban J connectivity index is 0.00000214. The minimum atomic E-state index is -1.00. The molecule has 314 valence electrons. The van der Waals surface area contributed by atoms with Crippen LogP contribution >= 0.6 is 0 Å². The van der Waals surface area contributed by atoms with Gasteiger partial charge in [0.1, 0.15) is 11.3 Å². The average molecular weight is 811 g/mol. The van der Waals surface area contributed by atoms with Gasteiger partial charge in [-0.25, -0.2) is 14.8 Å². The molecular weight excluding hydrogens is 757 g/mol. The molecule has 1 saturated carbocycles. The minimum Gasteiger partial charge on any atom is -0.483 e. The first-order chi connectivity index (χ1) is 28.2. The van der Waals surface area contributed by atoms with E-state index in [0.717, 1.165) is 28.8 Å². The summed E-state index contributed by atoms with van der Waals surface area (Å²) in [6, 6.07) is 15.7. The third-order valence-corrected chi connectivity index (χ3v) is 10.3. The van der Waals surface area contributed by atoms with E-state index in [9.17, 15) is 19.2 Å². The molecule has 0 bridgehead atoms. The summed E-state index contributed by atoms with van der Waals surface area (Å²) in [5.74, 6) is -0.611. The van der Waals surface area contributed by atoms with Gasteiger partial charge in [0.2, 0.25) is 5.91 Å². The summed E-state index contributed by atoms with van der Waals surface area (Å²) < 4.78 is 5.37. The van der Waals surface area contributed by atoms with Gasteiger partial charge in [-0.05, 0) is 130 Å². The number of nitrogens with one attached hydrogen (secondary N) is 3. The average Bonchev–Trinajstić information content (AvgIpc) is 3.76. The molecule has 59 heavy (non-hydrogen) atoms. The van der Waals surface area contributed by atoms with Gasteiger partial charge in [-0.15, -0.1) is 5.10 Å². The Morgan fingerprint density at radius 2 is 1.71 bits per heavy atom. The number of imide groups is 1. The van der Waals surface area contributed by atoms with E-state index in [1.54, 1.807) is 30.5 Å². The first kappa shape index (κ1) is 44.0. The van der Waals surface area contributed by atoms with Gasteiger partial charge in [0.05, 0.1) is 11.7 Å². The smallest absolute Gasteiger partial charge is 0.407 e. The fourth-order valence-electron chi connectivity index (χ4n) is 7.33. The quantitative estimate of drug-likeness (QED) is 0.142. The predicted octanol–water partition coefficient (Wildman–Crippen LogP) is 4.13. The zero-order chi connectivity index (χ0) is 42.7. The Morgan fingerprint density at radius 1 is 1.05 bits per heavy atom. The molecule has 17 heteroatoms. The number of rotatable bonds is 10. The summed E-state index contributed by atoms with van der Waals surface area (Å²) in [5.41, 5.74) is 11.1. The number of nitrogens with zero attached hydrogens (tertiary/aromatic N) is 6. The van der Waals surface area contributed by atoms with Crippen LogP contribution in [0, 0.1) is 18.8 Å². The fourth-order valence-corrected chi connectivity index (χ4v) is 7.33. The number of tetrazole rings is 1. The third kappa shape index (κ3) is 12.0. The molecule has 1 saturated heterocycles. The van der Waals surface area contributed by atoms with Gasteiger partial charge in [0.15, 0.2) is 5.82 Å². The summed E-state index contributed by atoms with van der Waals surface area (Å²) in [6.45, 7) is 11.7. The number of carbonyl (C=O) groups excluding carboxylic acids is 4. The van der Waals surface area contributed by atoms with Crippen molar-refractivity contribution in [1.82, 2.24) is 41.1 Å². The van der Waals surface area contributed by atoms with E-state index in [2.05, 4.69) is 43.2 Å². The number of aryl methyl sites for hydroxylation is 1. The van der Waals surface area contributed by atoms with Crippen LogP contribution in [0.25, 0.3) is 22.5 Å². The van der Waals surface area contributed by atoms with E-state index in [4.69, 9.17) is 20.4 Å². The summed E-state index contributed by atoms with van der Waals surface area (Å²) in [7, 11) is 0. The maximum atomic E-state index is 14.2. The maximum Gasteiger partial charge on any atom is 0.407 e. The summed E-state index contributed by atoms with van der Waals surface area (Å²) in [6.07, 6.45) is 4.05. The van der Waals surface area contributed by atoms with Crippen LogP contribution in [0.3, 0.4) is 0 Å². The molecule has 2 aromatic carbocycles. The highest BCUT2D eigenvalue weighted by Gasteiger charge is 2.35. The van der Waals surface area contributed by atoms with Crippen LogP contribution < -0.4 is 21.3 Å². The SMILES string of the molecule is Cc1cc(C(=O)N2CCNC(C)C2)ncc1-c1ccc(C[C@H](N)C(=O)N(c2ccc(-c3nnn[nH]3)cc2)C(=O)[C@H]2CC[C@H](CNC(=O)OC(C)(C)C)CC2)cc1.O=CO. The van der Waals surface area contributed by atoms with Gasteiger partial charge in [-0.3, -0.25) is 24.2 Å². The molecule has 2 atom stereocenters. The second kappa shape index (κ2) is 20.1. The highest BCUT2D eigenvalue weighted by Crippen LogP contribution is 2.32. The van der Waals surface area contributed by atoms with Crippen LogP contribution in [-0.2, 0) is 25.5 Å². The second-order valence-electron chi connectivity index (χ2n) is 16.0. The number of nitrogens with two attached hydrogens (primary N) is 1. The molecule has 4 amide bonds. The van der Waals surface area contributed by atoms with Crippen molar-refractivity contribution in [3.63, 3.8) is 0 Å². The van der Waals surface area contributed by atoms with Gasteiger partial charge >= 0.3 is 6.09 Å². The van der Waals surface area contributed by atoms with Gasteiger partial charge in [-0.2, -0.15) is 0 Å². The number of pyridine rings is 1. The minimum absolute atomic E-state index is 0.0714.